The fraction of sp³-hybridized carbons (Fsp3) is 0.350. The molecule has 0 radical (unpaired) electrons. The maximum absolute atomic E-state index is 12.2. The summed E-state index contributed by atoms with van der Waals surface area (Å²) in [5.74, 6) is 1.51. The third kappa shape index (κ3) is 4.51. The number of benzene rings is 1. The zero-order valence-electron chi connectivity index (χ0n) is 16.2. The van der Waals surface area contributed by atoms with Crippen LogP contribution in [-0.4, -0.2) is 48.6 Å². The van der Waals surface area contributed by atoms with E-state index in [0.29, 0.717) is 31.2 Å². The minimum absolute atomic E-state index is 0.0843. The third-order valence-corrected chi connectivity index (χ3v) is 4.51. The lowest BCUT2D eigenvalue weighted by atomic mass is 10.1. The fourth-order valence-corrected chi connectivity index (χ4v) is 2.86. The van der Waals surface area contributed by atoms with Gasteiger partial charge in [0.1, 0.15) is 12.4 Å². The SMILES string of the molecule is COc1cc(C=CC(=O)N2CCNC(=O)C2)ccc1OCc1c(C)noc1C. The molecule has 0 saturated carbocycles. The number of nitrogens with one attached hydrogen (secondary N) is 1. The Morgan fingerprint density at radius 1 is 1.36 bits per heavy atom. The van der Waals surface area contributed by atoms with Crippen LogP contribution in [0.2, 0.25) is 0 Å². The molecule has 1 aromatic carbocycles. The lowest BCUT2D eigenvalue weighted by Crippen LogP contribution is -2.49. The highest BCUT2D eigenvalue weighted by Crippen LogP contribution is 2.30. The van der Waals surface area contributed by atoms with Gasteiger partial charge in [0.25, 0.3) is 0 Å². The van der Waals surface area contributed by atoms with Crippen LogP contribution >= 0.6 is 0 Å². The molecule has 2 aromatic rings. The van der Waals surface area contributed by atoms with Gasteiger partial charge >= 0.3 is 0 Å². The Balaban J connectivity index is 1.67. The van der Waals surface area contributed by atoms with Crippen LogP contribution in [0.1, 0.15) is 22.6 Å². The predicted molar refractivity (Wildman–Crippen MR) is 102 cm³/mol. The third-order valence-electron chi connectivity index (χ3n) is 4.51. The van der Waals surface area contributed by atoms with Crippen LogP contribution in [0, 0.1) is 13.8 Å². The highest BCUT2D eigenvalue weighted by Gasteiger charge is 2.19. The summed E-state index contributed by atoms with van der Waals surface area (Å²) in [6.07, 6.45) is 3.15. The predicted octanol–water partition coefficient (Wildman–Crippen LogP) is 1.85. The Hall–Kier alpha value is -3.29. The summed E-state index contributed by atoms with van der Waals surface area (Å²) in [6, 6.07) is 5.41. The molecule has 0 unspecified atom stereocenters. The molecule has 8 nitrogen and oxygen atoms in total. The largest absolute Gasteiger partial charge is 0.493 e. The molecule has 2 heterocycles. The molecule has 0 atom stereocenters. The summed E-state index contributed by atoms with van der Waals surface area (Å²) in [7, 11) is 1.56. The van der Waals surface area contributed by atoms with E-state index in [4.69, 9.17) is 14.0 Å². The number of hydrogen-bond acceptors (Lipinski definition) is 6. The van der Waals surface area contributed by atoms with Gasteiger partial charge in [-0.05, 0) is 37.6 Å². The van der Waals surface area contributed by atoms with E-state index in [1.54, 1.807) is 25.3 Å². The van der Waals surface area contributed by atoms with Crippen molar-refractivity contribution in [3.05, 3.63) is 46.9 Å². The van der Waals surface area contributed by atoms with E-state index in [1.165, 1.54) is 11.0 Å². The Morgan fingerprint density at radius 3 is 2.86 bits per heavy atom. The molecule has 0 spiro atoms. The lowest BCUT2D eigenvalue weighted by Gasteiger charge is -2.25. The Morgan fingerprint density at radius 2 is 2.18 bits per heavy atom. The van der Waals surface area contributed by atoms with E-state index in [1.807, 2.05) is 19.9 Å². The Labute approximate surface area is 163 Å². The molecule has 2 amide bonds. The number of methoxy groups -OCH3 is 1. The van der Waals surface area contributed by atoms with Crippen molar-refractivity contribution in [3.8, 4) is 11.5 Å². The molecule has 1 aliphatic heterocycles. The average molecular weight is 385 g/mol. The highest BCUT2D eigenvalue weighted by molar-refractivity contribution is 5.95. The van der Waals surface area contributed by atoms with Gasteiger partial charge in [0.15, 0.2) is 11.5 Å². The van der Waals surface area contributed by atoms with Crippen LogP contribution in [-0.2, 0) is 16.2 Å². The highest BCUT2D eigenvalue weighted by atomic mass is 16.5. The fourth-order valence-electron chi connectivity index (χ4n) is 2.86. The smallest absolute Gasteiger partial charge is 0.247 e. The number of carbonyl (C=O) groups is 2. The number of aryl methyl sites for hydroxylation is 2. The van der Waals surface area contributed by atoms with Crippen molar-refractivity contribution >= 4 is 17.9 Å². The van der Waals surface area contributed by atoms with Crippen molar-refractivity contribution in [1.29, 1.82) is 0 Å². The van der Waals surface area contributed by atoms with Gasteiger partial charge in [0, 0.05) is 19.2 Å². The van der Waals surface area contributed by atoms with E-state index in [-0.39, 0.29) is 18.4 Å². The molecule has 0 aliphatic carbocycles. The quantitative estimate of drug-likeness (QED) is 0.763. The molecule has 0 bridgehead atoms. The van der Waals surface area contributed by atoms with E-state index < -0.39 is 0 Å². The number of ether oxygens (including phenoxy) is 2. The second-order valence-electron chi connectivity index (χ2n) is 6.44. The first-order chi connectivity index (χ1) is 13.5. The van der Waals surface area contributed by atoms with Gasteiger partial charge < -0.3 is 24.2 Å². The van der Waals surface area contributed by atoms with Gasteiger partial charge in [0.05, 0.1) is 24.9 Å². The standard InChI is InChI=1S/C20H23N3O5/c1-13-16(14(2)28-22-13)12-27-17-6-4-15(10-18(17)26-3)5-7-20(25)23-9-8-21-19(24)11-23/h4-7,10H,8-9,11-12H2,1-3H3,(H,21,24). The number of hydrogen-bond donors (Lipinski definition) is 1. The molecular weight excluding hydrogens is 362 g/mol. The number of carbonyl (C=O) groups excluding carboxylic acids is 2. The van der Waals surface area contributed by atoms with Crippen LogP contribution < -0.4 is 14.8 Å². The summed E-state index contributed by atoms with van der Waals surface area (Å²) < 4.78 is 16.4. The van der Waals surface area contributed by atoms with E-state index in [0.717, 1.165) is 22.6 Å². The number of nitrogens with zero attached hydrogens (tertiary/aromatic N) is 2. The molecular formula is C20H23N3O5. The zero-order valence-corrected chi connectivity index (χ0v) is 16.2. The summed E-state index contributed by atoms with van der Waals surface area (Å²) in [5, 5.41) is 6.61. The molecule has 1 fully saturated rings. The topological polar surface area (TPSA) is 93.9 Å². The van der Waals surface area contributed by atoms with Crippen LogP contribution in [0.25, 0.3) is 6.08 Å². The normalized spacial score (nSPS) is 14.2. The van der Waals surface area contributed by atoms with Crippen molar-refractivity contribution in [2.75, 3.05) is 26.7 Å². The van der Waals surface area contributed by atoms with Crippen LogP contribution in [0.5, 0.6) is 11.5 Å². The first-order valence-electron chi connectivity index (χ1n) is 8.94. The van der Waals surface area contributed by atoms with E-state index >= 15 is 0 Å². The van der Waals surface area contributed by atoms with Crippen LogP contribution in [0.3, 0.4) is 0 Å². The summed E-state index contributed by atoms with van der Waals surface area (Å²) in [4.78, 5) is 25.1. The van der Waals surface area contributed by atoms with Gasteiger partial charge in [-0.25, -0.2) is 0 Å². The molecule has 3 rings (SSSR count). The minimum atomic E-state index is -0.201. The zero-order chi connectivity index (χ0) is 20.1. The maximum atomic E-state index is 12.2. The van der Waals surface area contributed by atoms with Gasteiger partial charge in [-0.1, -0.05) is 11.2 Å². The number of aromatic nitrogens is 1. The minimum Gasteiger partial charge on any atom is -0.493 e. The first-order valence-corrected chi connectivity index (χ1v) is 8.94. The second-order valence-corrected chi connectivity index (χ2v) is 6.44. The average Bonchev–Trinajstić information content (AvgIpc) is 3.02. The first kappa shape index (κ1) is 19.5. The molecule has 1 aliphatic rings. The monoisotopic (exact) mass is 385 g/mol. The second kappa shape index (κ2) is 8.60. The maximum Gasteiger partial charge on any atom is 0.247 e. The van der Waals surface area contributed by atoms with Gasteiger partial charge in [0.2, 0.25) is 11.8 Å². The van der Waals surface area contributed by atoms with Crippen molar-refractivity contribution in [1.82, 2.24) is 15.4 Å². The Bertz CT molecular complexity index is 884. The van der Waals surface area contributed by atoms with Gasteiger partial charge in [-0.3, -0.25) is 9.59 Å². The number of piperazine rings is 1. The molecule has 1 saturated heterocycles. The Kier molecular flexibility index (Phi) is 5.98. The van der Waals surface area contributed by atoms with Crippen molar-refractivity contribution in [2.45, 2.75) is 20.5 Å². The van der Waals surface area contributed by atoms with E-state index in [9.17, 15) is 9.59 Å². The number of rotatable bonds is 6. The van der Waals surface area contributed by atoms with Crippen molar-refractivity contribution in [2.24, 2.45) is 0 Å². The van der Waals surface area contributed by atoms with Gasteiger partial charge in [-0.15, -0.1) is 0 Å². The van der Waals surface area contributed by atoms with Crippen LogP contribution in [0.15, 0.2) is 28.8 Å². The molecule has 148 valence electrons. The number of amides is 2. The summed E-state index contributed by atoms with van der Waals surface area (Å²) >= 11 is 0. The van der Waals surface area contributed by atoms with Crippen molar-refractivity contribution in [3.63, 3.8) is 0 Å². The molecule has 8 heteroatoms. The molecule has 1 N–H and O–H groups in total. The molecule has 1 aromatic heterocycles. The van der Waals surface area contributed by atoms with Crippen LogP contribution in [0.4, 0.5) is 0 Å². The lowest BCUT2D eigenvalue weighted by molar-refractivity contribution is -0.134. The molecule has 28 heavy (non-hydrogen) atoms. The van der Waals surface area contributed by atoms with Gasteiger partial charge in [-0.2, -0.15) is 0 Å². The summed E-state index contributed by atoms with van der Waals surface area (Å²) in [5.41, 5.74) is 2.49. The van der Waals surface area contributed by atoms with E-state index in [2.05, 4.69) is 10.5 Å². The summed E-state index contributed by atoms with van der Waals surface area (Å²) in [6.45, 7) is 5.09. The van der Waals surface area contributed by atoms with Crippen molar-refractivity contribution < 1.29 is 23.6 Å².